The van der Waals surface area contributed by atoms with E-state index in [4.69, 9.17) is 5.73 Å². The number of hydrogen-bond donors (Lipinski definition) is 2. The molecule has 0 aliphatic carbocycles. The highest BCUT2D eigenvalue weighted by atomic mass is 15.2. The van der Waals surface area contributed by atoms with Gasteiger partial charge in [0.05, 0.1) is 0 Å². The molecule has 0 saturated carbocycles. The van der Waals surface area contributed by atoms with Gasteiger partial charge in [-0.1, -0.05) is 0 Å². The van der Waals surface area contributed by atoms with Gasteiger partial charge in [0, 0.05) is 44.5 Å². The lowest BCUT2D eigenvalue weighted by Gasteiger charge is -2.27. The molecule has 1 aliphatic heterocycles. The normalized spacial score (nSPS) is 18.3. The minimum Gasteiger partial charge on any atom is -0.383 e. The fourth-order valence-corrected chi connectivity index (χ4v) is 1.60. The zero-order chi connectivity index (χ0) is 9.80. The number of nitrogens with zero attached hydrogens (tertiary/aromatic N) is 3. The van der Waals surface area contributed by atoms with Crippen LogP contribution < -0.4 is 11.1 Å². The van der Waals surface area contributed by atoms with Gasteiger partial charge in [-0.2, -0.15) is 0 Å². The van der Waals surface area contributed by atoms with Crippen LogP contribution in [0, 0.1) is 0 Å². The van der Waals surface area contributed by atoms with Gasteiger partial charge in [-0.15, -0.1) is 0 Å². The van der Waals surface area contributed by atoms with Crippen molar-refractivity contribution in [2.75, 3.05) is 31.9 Å². The molecule has 1 aliphatic rings. The highest BCUT2D eigenvalue weighted by Gasteiger charge is 2.11. The van der Waals surface area contributed by atoms with Crippen molar-refractivity contribution < 1.29 is 0 Å². The van der Waals surface area contributed by atoms with Crippen LogP contribution >= 0.6 is 0 Å². The third-order valence-corrected chi connectivity index (χ3v) is 2.43. The first-order chi connectivity index (χ1) is 6.86. The van der Waals surface area contributed by atoms with E-state index in [1.165, 1.54) is 6.33 Å². The Morgan fingerprint density at radius 2 is 2.21 bits per heavy atom. The summed E-state index contributed by atoms with van der Waals surface area (Å²) >= 11 is 0. The van der Waals surface area contributed by atoms with Crippen LogP contribution in [0.5, 0.6) is 0 Å². The molecule has 0 amide bonds. The van der Waals surface area contributed by atoms with Crippen LogP contribution in [0.1, 0.15) is 5.56 Å². The first-order valence-electron chi connectivity index (χ1n) is 4.83. The van der Waals surface area contributed by atoms with Crippen molar-refractivity contribution in [1.82, 2.24) is 20.2 Å². The fraction of sp³-hybridized carbons (Fsp3) is 0.556. The Morgan fingerprint density at radius 3 is 2.93 bits per heavy atom. The monoisotopic (exact) mass is 193 g/mol. The predicted octanol–water partition coefficient (Wildman–Crippen LogP) is -0.536. The van der Waals surface area contributed by atoms with Crippen LogP contribution in [0.2, 0.25) is 0 Å². The summed E-state index contributed by atoms with van der Waals surface area (Å²) in [6, 6.07) is 0. The van der Waals surface area contributed by atoms with Crippen LogP contribution in [-0.4, -0.2) is 41.0 Å². The summed E-state index contributed by atoms with van der Waals surface area (Å²) in [7, 11) is 0. The largest absolute Gasteiger partial charge is 0.383 e. The summed E-state index contributed by atoms with van der Waals surface area (Å²) in [6.07, 6.45) is 3.28. The SMILES string of the molecule is Nc1ncncc1CN1CCNCC1. The number of anilines is 1. The molecular weight excluding hydrogens is 178 g/mol. The second kappa shape index (κ2) is 4.34. The van der Waals surface area contributed by atoms with E-state index >= 15 is 0 Å². The van der Waals surface area contributed by atoms with E-state index in [0.717, 1.165) is 38.3 Å². The second-order valence-electron chi connectivity index (χ2n) is 3.46. The van der Waals surface area contributed by atoms with E-state index in [1.807, 2.05) is 0 Å². The molecule has 0 unspecified atom stereocenters. The molecule has 5 nitrogen and oxygen atoms in total. The van der Waals surface area contributed by atoms with Crippen LogP contribution in [0.3, 0.4) is 0 Å². The quantitative estimate of drug-likeness (QED) is 0.660. The Bertz CT molecular complexity index is 295. The minimum absolute atomic E-state index is 0.596. The van der Waals surface area contributed by atoms with Gasteiger partial charge in [0.15, 0.2) is 0 Å². The molecule has 76 valence electrons. The molecule has 0 aromatic carbocycles. The molecule has 1 fully saturated rings. The average Bonchev–Trinajstić information content (AvgIpc) is 2.23. The van der Waals surface area contributed by atoms with Crippen molar-refractivity contribution in [2.45, 2.75) is 6.54 Å². The molecular formula is C9H15N5. The Labute approximate surface area is 83.3 Å². The van der Waals surface area contributed by atoms with Crippen molar-refractivity contribution in [3.8, 4) is 0 Å². The van der Waals surface area contributed by atoms with E-state index < -0.39 is 0 Å². The van der Waals surface area contributed by atoms with Gasteiger partial charge < -0.3 is 11.1 Å². The zero-order valence-corrected chi connectivity index (χ0v) is 8.11. The molecule has 2 heterocycles. The lowest BCUT2D eigenvalue weighted by atomic mass is 10.2. The summed E-state index contributed by atoms with van der Waals surface area (Å²) in [5.74, 6) is 0.596. The van der Waals surface area contributed by atoms with E-state index in [9.17, 15) is 0 Å². The average molecular weight is 193 g/mol. The Kier molecular flexibility index (Phi) is 2.90. The summed E-state index contributed by atoms with van der Waals surface area (Å²) < 4.78 is 0. The summed E-state index contributed by atoms with van der Waals surface area (Å²) in [5.41, 5.74) is 6.77. The number of hydrogen-bond acceptors (Lipinski definition) is 5. The maximum absolute atomic E-state index is 5.74. The number of nitrogen functional groups attached to an aromatic ring is 1. The van der Waals surface area contributed by atoms with Crippen molar-refractivity contribution >= 4 is 5.82 Å². The van der Waals surface area contributed by atoms with Crippen LogP contribution in [0.15, 0.2) is 12.5 Å². The Morgan fingerprint density at radius 1 is 1.43 bits per heavy atom. The Hall–Kier alpha value is -1.20. The van der Waals surface area contributed by atoms with Crippen LogP contribution in [-0.2, 0) is 6.54 Å². The zero-order valence-electron chi connectivity index (χ0n) is 8.11. The fourth-order valence-electron chi connectivity index (χ4n) is 1.60. The summed E-state index contributed by atoms with van der Waals surface area (Å²) in [4.78, 5) is 10.3. The van der Waals surface area contributed by atoms with Gasteiger partial charge in [0.25, 0.3) is 0 Å². The maximum atomic E-state index is 5.74. The van der Waals surface area contributed by atoms with Crippen molar-refractivity contribution in [2.24, 2.45) is 0 Å². The molecule has 3 N–H and O–H groups in total. The topological polar surface area (TPSA) is 67.1 Å². The third kappa shape index (κ3) is 2.18. The summed E-state index contributed by atoms with van der Waals surface area (Å²) in [6.45, 7) is 5.08. The lowest BCUT2D eigenvalue weighted by molar-refractivity contribution is 0.233. The van der Waals surface area contributed by atoms with Crippen molar-refractivity contribution in [1.29, 1.82) is 0 Å². The van der Waals surface area contributed by atoms with Gasteiger partial charge in [-0.3, -0.25) is 4.90 Å². The van der Waals surface area contributed by atoms with E-state index in [1.54, 1.807) is 6.20 Å². The maximum Gasteiger partial charge on any atom is 0.131 e. The first-order valence-corrected chi connectivity index (χ1v) is 4.83. The molecule has 5 heteroatoms. The molecule has 0 radical (unpaired) electrons. The van der Waals surface area contributed by atoms with Gasteiger partial charge in [-0.05, 0) is 0 Å². The molecule has 2 rings (SSSR count). The predicted molar refractivity (Wildman–Crippen MR) is 54.6 cm³/mol. The van der Waals surface area contributed by atoms with Crippen molar-refractivity contribution in [3.05, 3.63) is 18.1 Å². The van der Waals surface area contributed by atoms with Crippen LogP contribution in [0.25, 0.3) is 0 Å². The second-order valence-corrected chi connectivity index (χ2v) is 3.46. The molecule has 1 saturated heterocycles. The van der Waals surface area contributed by atoms with E-state index in [2.05, 4.69) is 20.2 Å². The minimum atomic E-state index is 0.596. The molecule has 0 atom stereocenters. The van der Waals surface area contributed by atoms with Gasteiger partial charge in [0.2, 0.25) is 0 Å². The highest BCUT2D eigenvalue weighted by Crippen LogP contribution is 2.09. The highest BCUT2D eigenvalue weighted by molar-refractivity contribution is 5.36. The molecule has 1 aromatic heterocycles. The van der Waals surface area contributed by atoms with E-state index in [0.29, 0.717) is 5.82 Å². The lowest BCUT2D eigenvalue weighted by Crippen LogP contribution is -2.43. The number of nitrogens with one attached hydrogen (secondary N) is 1. The standard InChI is InChI=1S/C9H15N5/c10-9-8(5-12-7-13-9)6-14-3-1-11-2-4-14/h5,7,11H,1-4,6H2,(H2,10,12,13). The van der Waals surface area contributed by atoms with E-state index in [-0.39, 0.29) is 0 Å². The number of rotatable bonds is 2. The van der Waals surface area contributed by atoms with Gasteiger partial charge in [-0.25, -0.2) is 9.97 Å². The number of nitrogens with two attached hydrogens (primary N) is 1. The molecule has 1 aromatic rings. The number of aromatic nitrogens is 2. The van der Waals surface area contributed by atoms with Gasteiger partial charge >= 0.3 is 0 Å². The first kappa shape index (κ1) is 9.36. The third-order valence-electron chi connectivity index (χ3n) is 2.43. The number of piperazine rings is 1. The molecule has 14 heavy (non-hydrogen) atoms. The van der Waals surface area contributed by atoms with Gasteiger partial charge in [0.1, 0.15) is 12.1 Å². The Balaban J connectivity index is 1.99. The molecule has 0 bridgehead atoms. The van der Waals surface area contributed by atoms with Crippen molar-refractivity contribution in [3.63, 3.8) is 0 Å². The summed E-state index contributed by atoms with van der Waals surface area (Å²) in [5, 5.41) is 3.31. The van der Waals surface area contributed by atoms with Crippen LogP contribution in [0.4, 0.5) is 5.82 Å². The molecule has 0 spiro atoms. The smallest absolute Gasteiger partial charge is 0.131 e.